The van der Waals surface area contributed by atoms with Crippen LogP contribution in [0.1, 0.15) is 11.3 Å². The second kappa shape index (κ2) is 5.91. The second-order valence-electron chi connectivity index (χ2n) is 5.96. The molecule has 25 heavy (non-hydrogen) atoms. The van der Waals surface area contributed by atoms with Gasteiger partial charge in [0.25, 0.3) is 0 Å². The predicted octanol–water partition coefficient (Wildman–Crippen LogP) is 4.56. The summed E-state index contributed by atoms with van der Waals surface area (Å²) in [7, 11) is 0. The molecule has 4 heteroatoms. The van der Waals surface area contributed by atoms with Crippen LogP contribution in [0.2, 0.25) is 0 Å². The largest absolute Gasteiger partial charge is 0.478 e. The number of carboxylic acids is 1. The van der Waals surface area contributed by atoms with E-state index in [4.69, 9.17) is 10.1 Å². The summed E-state index contributed by atoms with van der Waals surface area (Å²) in [6, 6.07) is 18.3. The zero-order chi connectivity index (χ0) is 17.4. The van der Waals surface area contributed by atoms with Gasteiger partial charge < -0.3 is 5.11 Å². The molecule has 1 N–H and O–H groups in total. The number of carboxylic acid groups (broad SMARTS) is 1. The number of carbonyl (C=O) groups is 1. The molecule has 2 heterocycles. The molecule has 0 bridgehead atoms. The summed E-state index contributed by atoms with van der Waals surface area (Å²) in [4.78, 5) is 15.8. The summed E-state index contributed by atoms with van der Waals surface area (Å²) in [6.07, 6.45) is 4.66. The van der Waals surface area contributed by atoms with Crippen molar-refractivity contribution in [1.29, 1.82) is 0 Å². The van der Waals surface area contributed by atoms with Gasteiger partial charge in [-0.05, 0) is 41.5 Å². The van der Waals surface area contributed by atoms with Crippen molar-refractivity contribution in [2.75, 3.05) is 0 Å². The first-order valence-electron chi connectivity index (χ1n) is 8.01. The van der Waals surface area contributed by atoms with Crippen molar-refractivity contribution < 1.29 is 9.90 Å². The smallest absolute Gasteiger partial charge is 0.328 e. The topological polar surface area (TPSA) is 54.6 Å². The number of imidazole rings is 1. The molecule has 4 nitrogen and oxygen atoms in total. The van der Waals surface area contributed by atoms with Crippen LogP contribution in [0.3, 0.4) is 0 Å². The Morgan fingerprint density at radius 2 is 1.88 bits per heavy atom. The highest BCUT2D eigenvalue weighted by atomic mass is 16.4. The van der Waals surface area contributed by atoms with Gasteiger partial charge in [0, 0.05) is 17.8 Å². The number of hydrogen-bond donors (Lipinski definition) is 1. The molecule has 0 radical (unpaired) electrons. The molecule has 0 unspecified atom stereocenters. The lowest BCUT2D eigenvalue weighted by Gasteiger charge is -2.03. The van der Waals surface area contributed by atoms with Crippen LogP contribution >= 0.6 is 0 Å². The Balaban J connectivity index is 2.00. The van der Waals surface area contributed by atoms with Crippen LogP contribution in [0.4, 0.5) is 0 Å². The molecule has 0 aliphatic heterocycles. The molecular formula is C21H16N2O2. The van der Waals surface area contributed by atoms with Crippen LogP contribution in [0, 0.1) is 6.92 Å². The fourth-order valence-corrected chi connectivity index (χ4v) is 3.08. The van der Waals surface area contributed by atoms with E-state index in [1.54, 1.807) is 6.08 Å². The van der Waals surface area contributed by atoms with Crippen molar-refractivity contribution in [3.05, 3.63) is 78.1 Å². The number of fused-ring (bicyclic) bond motifs is 2. The van der Waals surface area contributed by atoms with E-state index in [1.165, 1.54) is 0 Å². The minimum absolute atomic E-state index is 0.761. The summed E-state index contributed by atoms with van der Waals surface area (Å²) >= 11 is 0. The lowest BCUT2D eigenvalue weighted by Crippen LogP contribution is -1.91. The third-order valence-corrected chi connectivity index (χ3v) is 4.29. The minimum atomic E-state index is -0.980. The Bertz CT molecular complexity index is 1140. The second-order valence-corrected chi connectivity index (χ2v) is 5.96. The van der Waals surface area contributed by atoms with E-state index >= 15 is 0 Å². The summed E-state index contributed by atoms with van der Waals surface area (Å²) < 4.78 is 1.93. The van der Waals surface area contributed by atoms with Crippen LogP contribution in [-0.2, 0) is 4.79 Å². The summed E-state index contributed by atoms with van der Waals surface area (Å²) in [6.45, 7) is 2.00. The maximum atomic E-state index is 11.0. The monoisotopic (exact) mass is 328 g/mol. The fraction of sp³-hybridized carbons (Fsp3) is 0.0476. The Morgan fingerprint density at radius 1 is 1.08 bits per heavy atom. The minimum Gasteiger partial charge on any atom is -0.478 e. The van der Waals surface area contributed by atoms with Crippen molar-refractivity contribution in [1.82, 2.24) is 9.38 Å². The molecule has 0 aliphatic rings. The number of benzene rings is 2. The van der Waals surface area contributed by atoms with E-state index in [0.717, 1.165) is 45.0 Å². The number of rotatable bonds is 3. The molecule has 2 aromatic heterocycles. The number of aliphatic carboxylic acids is 1. The highest BCUT2D eigenvalue weighted by Gasteiger charge is 2.14. The van der Waals surface area contributed by atoms with Gasteiger partial charge in [0.15, 0.2) is 0 Å². The van der Waals surface area contributed by atoms with Gasteiger partial charge in [0.2, 0.25) is 0 Å². The first kappa shape index (κ1) is 15.1. The summed E-state index contributed by atoms with van der Waals surface area (Å²) in [5, 5.41) is 11.3. The molecule has 2 aromatic carbocycles. The summed E-state index contributed by atoms with van der Waals surface area (Å²) in [5.41, 5.74) is 4.37. The van der Waals surface area contributed by atoms with Gasteiger partial charge in [-0.1, -0.05) is 42.5 Å². The van der Waals surface area contributed by atoms with Crippen LogP contribution in [0.15, 0.2) is 66.9 Å². The zero-order valence-corrected chi connectivity index (χ0v) is 13.7. The molecule has 0 aliphatic carbocycles. The van der Waals surface area contributed by atoms with E-state index in [1.807, 2.05) is 47.9 Å². The van der Waals surface area contributed by atoms with Crippen LogP contribution in [0.25, 0.3) is 33.8 Å². The highest BCUT2D eigenvalue weighted by Crippen LogP contribution is 2.29. The first-order valence-corrected chi connectivity index (χ1v) is 8.01. The standard InChI is InChI=1S/C21H16N2O2/c1-14-5-4-12-23-18(10-11-19(24)25)20(22-21(14)23)17-9-8-15-6-2-3-7-16(15)13-17/h2-13H,1H3,(H,24,25)/b11-10+. The van der Waals surface area contributed by atoms with Gasteiger partial charge in [0.1, 0.15) is 5.65 Å². The van der Waals surface area contributed by atoms with E-state index in [2.05, 4.69) is 24.3 Å². The average molecular weight is 328 g/mol. The highest BCUT2D eigenvalue weighted by molar-refractivity contribution is 5.90. The van der Waals surface area contributed by atoms with Crippen molar-refractivity contribution in [3.8, 4) is 11.3 Å². The fourth-order valence-electron chi connectivity index (χ4n) is 3.08. The third-order valence-electron chi connectivity index (χ3n) is 4.29. The molecular weight excluding hydrogens is 312 g/mol. The first-order chi connectivity index (χ1) is 12.1. The Labute approximate surface area is 144 Å². The Hall–Kier alpha value is -3.40. The van der Waals surface area contributed by atoms with Gasteiger partial charge in [0.05, 0.1) is 11.4 Å². The Kier molecular flexibility index (Phi) is 3.58. The normalized spacial score (nSPS) is 11.6. The predicted molar refractivity (Wildman–Crippen MR) is 99.5 cm³/mol. The summed E-state index contributed by atoms with van der Waals surface area (Å²) in [5.74, 6) is -0.980. The molecule has 0 saturated carbocycles. The molecule has 4 aromatic rings. The molecule has 0 amide bonds. The van der Waals surface area contributed by atoms with Gasteiger partial charge in [-0.25, -0.2) is 9.78 Å². The molecule has 122 valence electrons. The quantitative estimate of drug-likeness (QED) is 0.561. The third kappa shape index (κ3) is 2.68. The number of aryl methyl sites for hydroxylation is 1. The lowest BCUT2D eigenvalue weighted by atomic mass is 10.0. The number of aromatic nitrogens is 2. The molecule has 4 rings (SSSR count). The van der Waals surface area contributed by atoms with Crippen molar-refractivity contribution in [3.63, 3.8) is 0 Å². The van der Waals surface area contributed by atoms with Crippen LogP contribution in [-0.4, -0.2) is 20.5 Å². The molecule has 0 fully saturated rings. The average Bonchev–Trinajstić information content (AvgIpc) is 2.99. The van der Waals surface area contributed by atoms with E-state index in [-0.39, 0.29) is 0 Å². The maximum absolute atomic E-state index is 11.0. The number of hydrogen-bond acceptors (Lipinski definition) is 2. The van der Waals surface area contributed by atoms with E-state index in [0.29, 0.717) is 0 Å². The van der Waals surface area contributed by atoms with Gasteiger partial charge in [-0.15, -0.1) is 0 Å². The maximum Gasteiger partial charge on any atom is 0.328 e. The van der Waals surface area contributed by atoms with Gasteiger partial charge in [-0.3, -0.25) is 4.40 Å². The van der Waals surface area contributed by atoms with Crippen LogP contribution < -0.4 is 0 Å². The van der Waals surface area contributed by atoms with Crippen molar-refractivity contribution >= 4 is 28.5 Å². The molecule has 0 saturated heterocycles. The molecule has 0 spiro atoms. The van der Waals surface area contributed by atoms with E-state index < -0.39 is 5.97 Å². The molecule has 0 atom stereocenters. The van der Waals surface area contributed by atoms with Crippen LogP contribution in [0.5, 0.6) is 0 Å². The SMILES string of the molecule is Cc1cccn2c(/C=C/C(=O)O)c(-c3ccc4ccccc4c3)nc12. The van der Waals surface area contributed by atoms with Gasteiger partial charge >= 0.3 is 5.97 Å². The lowest BCUT2D eigenvalue weighted by molar-refractivity contribution is -0.131. The Morgan fingerprint density at radius 3 is 2.68 bits per heavy atom. The van der Waals surface area contributed by atoms with Crippen molar-refractivity contribution in [2.24, 2.45) is 0 Å². The van der Waals surface area contributed by atoms with Gasteiger partial charge in [-0.2, -0.15) is 0 Å². The number of nitrogens with zero attached hydrogens (tertiary/aromatic N) is 2. The van der Waals surface area contributed by atoms with E-state index in [9.17, 15) is 4.79 Å². The zero-order valence-electron chi connectivity index (χ0n) is 13.7. The van der Waals surface area contributed by atoms with Crippen molar-refractivity contribution in [2.45, 2.75) is 6.92 Å². The number of pyridine rings is 1.